The number of benzene rings is 1. The molecule has 0 atom stereocenters. The molecule has 2 heterocycles. The lowest BCUT2D eigenvalue weighted by molar-refractivity contribution is -0.384. The first-order valence-electron chi connectivity index (χ1n) is 8.13. The van der Waals surface area contributed by atoms with Gasteiger partial charge in [0.1, 0.15) is 5.82 Å². The van der Waals surface area contributed by atoms with Crippen molar-refractivity contribution in [3.63, 3.8) is 0 Å². The van der Waals surface area contributed by atoms with Crippen molar-refractivity contribution in [2.24, 2.45) is 0 Å². The van der Waals surface area contributed by atoms with Crippen LogP contribution in [0.15, 0.2) is 24.3 Å². The molecule has 0 spiro atoms. The quantitative estimate of drug-likeness (QED) is 0.671. The van der Waals surface area contributed by atoms with Crippen molar-refractivity contribution in [3.05, 3.63) is 39.9 Å². The first kappa shape index (κ1) is 16.1. The van der Waals surface area contributed by atoms with Crippen molar-refractivity contribution in [1.29, 1.82) is 5.26 Å². The van der Waals surface area contributed by atoms with Crippen LogP contribution in [-0.4, -0.2) is 41.0 Å². The maximum absolute atomic E-state index is 10.9. The maximum atomic E-state index is 10.9. The summed E-state index contributed by atoms with van der Waals surface area (Å²) in [6, 6.07) is 8.16. The Morgan fingerprint density at radius 1 is 1.29 bits per heavy atom. The first-order valence-corrected chi connectivity index (χ1v) is 8.13. The third-order valence-electron chi connectivity index (χ3n) is 4.31. The molecular weight excluding hydrogens is 306 g/mol. The van der Waals surface area contributed by atoms with E-state index in [1.165, 1.54) is 31.4 Å². The lowest BCUT2D eigenvalue weighted by Crippen LogP contribution is -2.33. The van der Waals surface area contributed by atoms with E-state index in [0.717, 1.165) is 26.2 Å². The van der Waals surface area contributed by atoms with Gasteiger partial charge in [-0.2, -0.15) is 5.26 Å². The van der Waals surface area contributed by atoms with Gasteiger partial charge >= 0.3 is 0 Å². The zero-order chi connectivity index (χ0) is 16.9. The summed E-state index contributed by atoms with van der Waals surface area (Å²) >= 11 is 0. The number of nitriles is 1. The second-order valence-corrected chi connectivity index (χ2v) is 5.95. The van der Waals surface area contributed by atoms with Crippen LogP contribution < -0.4 is 5.32 Å². The minimum absolute atomic E-state index is 0.0355. The Morgan fingerprint density at radius 2 is 2.08 bits per heavy atom. The molecule has 0 amide bonds. The summed E-state index contributed by atoms with van der Waals surface area (Å²) in [6.07, 6.45) is 3.82. The summed E-state index contributed by atoms with van der Waals surface area (Å²) in [5.41, 5.74) is 0.941. The molecule has 1 aromatic carbocycles. The second kappa shape index (κ2) is 7.23. The monoisotopic (exact) mass is 325 g/mol. The van der Waals surface area contributed by atoms with Crippen LogP contribution >= 0.6 is 0 Å². The minimum Gasteiger partial charge on any atom is -0.369 e. The van der Waals surface area contributed by atoms with Crippen LogP contribution in [0.2, 0.25) is 0 Å². The number of nitro benzene ring substituents is 1. The molecule has 0 bridgehead atoms. The van der Waals surface area contributed by atoms with Crippen molar-refractivity contribution >= 4 is 22.4 Å². The van der Waals surface area contributed by atoms with Crippen LogP contribution in [0.25, 0.3) is 10.9 Å². The molecule has 1 aliphatic rings. The molecule has 24 heavy (non-hydrogen) atoms. The van der Waals surface area contributed by atoms with Gasteiger partial charge in [0, 0.05) is 30.6 Å². The van der Waals surface area contributed by atoms with Crippen LogP contribution in [0.1, 0.15) is 24.8 Å². The number of likely N-dealkylation sites (tertiary alicyclic amines) is 1. The van der Waals surface area contributed by atoms with E-state index in [0.29, 0.717) is 22.3 Å². The van der Waals surface area contributed by atoms with E-state index in [4.69, 9.17) is 0 Å². The van der Waals surface area contributed by atoms with Crippen LogP contribution in [0.5, 0.6) is 0 Å². The van der Waals surface area contributed by atoms with Gasteiger partial charge in [0.25, 0.3) is 5.69 Å². The molecule has 7 nitrogen and oxygen atoms in total. The fourth-order valence-electron chi connectivity index (χ4n) is 3.04. The largest absolute Gasteiger partial charge is 0.369 e. The summed E-state index contributed by atoms with van der Waals surface area (Å²) in [6.45, 7) is 3.98. The normalized spacial score (nSPS) is 15.1. The summed E-state index contributed by atoms with van der Waals surface area (Å²) in [4.78, 5) is 17.3. The third-order valence-corrected chi connectivity index (χ3v) is 4.31. The van der Waals surface area contributed by atoms with Crippen LogP contribution in [0, 0.1) is 21.4 Å². The Labute approximate surface area is 140 Å². The molecule has 0 radical (unpaired) electrons. The molecule has 7 heteroatoms. The number of fused-ring (bicyclic) bond motifs is 1. The second-order valence-electron chi connectivity index (χ2n) is 5.95. The lowest BCUT2D eigenvalue weighted by atomic mass is 10.1. The zero-order valence-corrected chi connectivity index (χ0v) is 13.4. The van der Waals surface area contributed by atoms with E-state index >= 15 is 0 Å². The Kier molecular flexibility index (Phi) is 4.87. The van der Waals surface area contributed by atoms with Crippen LogP contribution in [0.4, 0.5) is 11.5 Å². The fraction of sp³-hybridized carbons (Fsp3) is 0.412. The van der Waals surface area contributed by atoms with Gasteiger partial charge in [-0.25, -0.2) is 4.98 Å². The summed E-state index contributed by atoms with van der Waals surface area (Å²) < 4.78 is 0. The van der Waals surface area contributed by atoms with Gasteiger partial charge in [0.15, 0.2) is 0 Å². The van der Waals surface area contributed by atoms with Crippen molar-refractivity contribution < 1.29 is 4.92 Å². The molecule has 124 valence electrons. The molecule has 1 N–H and O–H groups in total. The highest BCUT2D eigenvalue weighted by molar-refractivity contribution is 5.88. The van der Waals surface area contributed by atoms with Gasteiger partial charge in [-0.3, -0.25) is 10.1 Å². The van der Waals surface area contributed by atoms with E-state index in [1.807, 2.05) is 0 Å². The predicted octanol–water partition coefficient (Wildman–Crippen LogP) is 2.91. The van der Waals surface area contributed by atoms with E-state index < -0.39 is 4.92 Å². The molecule has 2 aromatic rings. The molecule has 0 saturated carbocycles. The number of hydrogen-bond acceptors (Lipinski definition) is 6. The number of nitrogens with one attached hydrogen (secondary N) is 1. The Bertz CT molecular complexity index is 793. The van der Waals surface area contributed by atoms with Gasteiger partial charge in [0.2, 0.25) is 0 Å². The maximum Gasteiger partial charge on any atom is 0.270 e. The van der Waals surface area contributed by atoms with Crippen molar-refractivity contribution in [3.8, 4) is 6.07 Å². The molecule has 3 rings (SSSR count). The molecule has 1 aromatic heterocycles. The fourth-order valence-corrected chi connectivity index (χ4v) is 3.04. The number of nitrogens with zero attached hydrogens (tertiary/aromatic N) is 4. The Balaban J connectivity index is 1.75. The smallest absolute Gasteiger partial charge is 0.270 e. The standard InChI is InChI=1S/C17H19N5O2/c18-12-13-10-17(19-6-9-21-7-2-1-3-8-21)20-16-5-4-14(22(23)24)11-15(13)16/h4-5,10-11H,1-3,6-9H2,(H,19,20). The SMILES string of the molecule is N#Cc1cc(NCCN2CCCCC2)nc2ccc([N+](=O)[O-])cc12. The number of pyridine rings is 1. The van der Waals surface area contributed by atoms with Gasteiger partial charge < -0.3 is 10.2 Å². The molecule has 1 aliphatic heterocycles. The first-order chi connectivity index (χ1) is 11.7. The number of nitro groups is 1. The third kappa shape index (κ3) is 3.60. The number of hydrogen-bond donors (Lipinski definition) is 1. The zero-order valence-electron chi connectivity index (χ0n) is 13.4. The number of rotatable bonds is 5. The van der Waals surface area contributed by atoms with Crippen molar-refractivity contribution in [2.45, 2.75) is 19.3 Å². The molecule has 0 aliphatic carbocycles. The van der Waals surface area contributed by atoms with Crippen LogP contribution in [0.3, 0.4) is 0 Å². The van der Waals surface area contributed by atoms with Crippen molar-refractivity contribution in [1.82, 2.24) is 9.88 Å². The highest BCUT2D eigenvalue weighted by Gasteiger charge is 2.12. The van der Waals surface area contributed by atoms with Gasteiger partial charge in [0.05, 0.1) is 22.1 Å². The number of anilines is 1. The Hall–Kier alpha value is -2.72. The molecule has 0 unspecified atom stereocenters. The van der Waals surface area contributed by atoms with Crippen LogP contribution in [-0.2, 0) is 0 Å². The van der Waals surface area contributed by atoms with Gasteiger partial charge in [-0.15, -0.1) is 0 Å². The summed E-state index contributed by atoms with van der Waals surface area (Å²) in [7, 11) is 0. The molecular formula is C17H19N5O2. The number of aromatic nitrogens is 1. The average Bonchev–Trinajstić information content (AvgIpc) is 2.61. The number of non-ortho nitro benzene ring substituents is 1. The number of piperidine rings is 1. The lowest BCUT2D eigenvalue weighted by Gasteiger charge is -2.26. The topological polar surface area (TPSA) is 95.1 Å². The van der Waals surface area contributed by atoms with Gasteiger partial charge in [-0.05, 0) is 38.1 Å². The minimum atomic E-state index is -0.467. The van der Waals surface area contributed by atoms with E-state index in [1.54, 1.807) is 12.1 Å². The van der Waals surface area contributed by atoms with E-state index in [9.17, 15) is 15.4 Å². The average molecular weight is 325 g/mol. The Morgan fingerprint density at radius 3 is 2.79 bits per heavy atom. The molecule has 1 fully saturated rings. The van der Waals surface area contributed by atoms with Gasteiger partial charge in [-0.1, -0.05) is 6.42 Å². The van der Waals surface area contributed by atoms with E-state index in [2.05, 4.69) is 21.3 Å². The van der Waals surface area contributed by atoms with E-state index in [-0.39, 0.29) is 5.69 Å². The highest BCUT2D eigenvalue weighted by atomic mass is 16.6. The summed E-state index contributed by atoms with van der Waals surface area (Å²) in [5.74, 6) is 0.630. The summed E-state index contributed by atoms with van der Waals surface area (Å²) in [5, 5.41) is 24.0. The highest BCUT2D eigenvalue weighted by Crippen LogP contribution is 2.24. The predicted molar refractivity (Wildman–Crippen MR) is 91.9 cm³/mol. The molecule has 1 saturated heterocycles. The van der Waals surface area contributed by atoms with Crippen molar-refractivity contribution in [2.75, 3.05) is 31.5 Å².